The average Bonchev–Trinajstić information content (AvgIpc) is 2.78. The van der Waals surface area contributed by atoms with Crippen molar-refractivity contribution in [2.45, 2.75) is 13.8 Å². The van der Waals surface area contributed by atoms with Gasteiger partial charge in [-0.05, 0) is 68.0 Å². The molecule has 3 aromatic rings. The largest absolute Gasteiger partial charge is 0.422 e. The number of benzene rings is 3. The van der Waals surface area contributed by atoms with Crippen molar-refractivity contribution in [1.82, 2.24) is 5.32 Å². The molecular formula is C26H19BrN2O5. The summed E-state index contributed by atoms with van der Waals surface area (Å²) in [6, 6.07) is 17.8. The van der Waals surface area contributed by atoms with Gasteiger partial charge in [0, 0.05) is 10.0 Å². The summed E-state index contributed by atoms with van der Waals surface area (Å²) in [5.74, 6) is -2.05. The molecule has 0 saturated carbocycles. The van der Waals surface area contributed by atoms with Crippen LogP contribution in [0.1, 0.15) is 27.0 Å². The van der Waals surface area contributed by atoms with Crippen molar-refractivity contribution in [3.05, 3.63) is 99.0 Å². The quantitative estimate of drug-likeness (QED) is 0.228. The number of carbonyl (C=O) groups excluding carboxylic acids is 4. The molecule has 170 valence electrons. The average molecular weight is 519 g/mol. The SMILES string of the molecule is Cc1cccc(C(=O)Oc2ccc(Br)cc2/C=C2/C(=O)NC(=O)N(c3cccc(C)c3)C2=O)c1. The fraction of sp³-hybridized carbons (Fsp3) is 0.0769. The standard InChI is InChI=1S/C26H19BrN2O5/c1-15-5-3-7-17(11-15)25(32)34-22-10-9-19(27)13-18(22)14-21-23(30)28-26(33)29(24(21)31)20-8-4-6-16(2)12-20/h3-14H,1-2H3,(H,28,30,33)/b21-14-. The molecule has 0 aliphatic carbocycles. The van der Waals surface area contributed by atoms with E-state index in [0.717, 1.165) is 16.0 Å². The number of anilines is 1. The number of rotatable bonds is 4. The first kappa shape index (κ1) is 23.1. The lowest BCUT2D eigenvalue weighted by Crippen LogP contribution is -2.54. The molecule has 1 aliphatic heterocycles. The number of urea groups is 1. The van der Waals surface area contributed by atoms with Gasteiger partial charge in [-0.2, -0.15) is 0 Å². The fourth-order valence-corrected chi connectivity index (χ4v) is 3.85. The number of amides is 4. The highest BCUT2D eigenvalue weighted by Gasteiger charge is 2.37. The Kier molecular flexibility index (Phi) is 6.43. The molecule has 1 fully saturated rings. The first-order valence-electron chi connectivity index (χ1n) is 10.3. The normalized spacial score (nSPS) is 14.9. The zero-order valence-corrected chi connectivity index (χ0v) is 19.9. The van der Waals surface area contributed by atoms with Crippen molar-refractivity contribution in [3.63, 3.8) is 0 Å². The van der Waals surface area contributed by atoms with Crippen LogP contribution in [0.4, 0.5) is 10.5 Å². The van der Waals surface area contributed by atoms with E-state index in [4.69, 9.17) is 4.74 Å². The van der Waals surface area contributed by atoms with Crippen LogP contribution in [0.5, 0.6) is 5.75 Å². The molecule has 0 bridgehead atoms. The van der Waals surface area contributed by atoms with Gasteiger partial charge in [0.2, 0.25) is 0 Å². The first-order valence-corrected chi connectivity index (χ1v) is 11.1. The monoisotopic (exact) mass is 518 g/mol. The summed E-state index contributed by atoms with van der Waals surface area (Å²) in [6.45, 7) is 3.69. The first-order chi connectivity index (χ1) is 16.2. The van der Waals surface area contributed by atoms with Crippen LogP contribution in [0.2, 0.25) is 0 Å². The molecule has 1 saturated heterocycles. The molecule has 4 rings (SSSR count). The third-order valence-corrected chi connectivity index (χ3v) is 5.58. The molecule has 1 aliphatic rings. The Morgan fingerprint density at radius 3 is 2.35 bits per heavy atom. The lowest BCUT2D eigenvalue weighted by atomic mass is 10.1. The minimum Gasteiger partial charge on any atom is -0.422 e. The Hall–Kier alpha value is -4.04. The number of hydrogen-bond donors (Lipinski definition) is 1. The van der Waals surface area contributed by atoms with Gasteiger partial charge in [0.15, 0.2) is 0 Å². The van der Waals surface area contributed by atoms with Crippen molar-refractivity contribution in [2.75, 3.05) is 4.90 Å². The van der Waals surface area contributed by atoms with Crippen molar-refractivity contribution in [3.8, 4) is 5.75 Å². The molecule has 0 radical (unpaired) electrons. The topological polar surface area (TPSA) is 92.8 Å². The fourth-order valence-electron chi connectivity index (χ4n) is 3.47. The number of imide groups is 2. The van der Waals surface area contributed by atoms with Crippen LogP contribution in [-0.4, -0.2) is 23.8 Å². The van der Waals surface area contributed by atoms with Crippen LogP contribution in [0.3, 0.4) is 0 Å². The smallest absolute Gasteiger partial charge is 0.343 e. The van der Waals surface area contributed by atoms with Crippen molar-refractivity contribution < 1.29 is 23.9 Å². The van der Waals surface area contributed by atoms with Gasteiger partial charge < -0.3 is 4.74 Å². The van der Waals surface area contributed by atoms with Crippen LogP contribution in [-0.2, 0) is 9.59 Å². The summed E-state index contributed by atoms with van der Waals surface area (Å²) in [7, 11) is 0. The van der Waals surface area contributed by atoms with Crippen LogP contribution in [0.25, 0.3) is 6.08 Å². The van der Waals surface area contributed by atoms with Gasteiger partial charge in [-0.25, -0.2) is 14.5 Å². The van der Waals surface area contributed by atoms with Crippen LogP contribution in [0, 0.1) is 13.8 Å². The number of nitrogens with one attached hydrogen (secondary N) is 1. The van der Waals surface area contributed by atoms with Gasteiger partial charge >= 0.3 is 12.0 Å². The number of barbiturate groups is 1. The Balaban J connectivity index is 1.72. The van der Waals surface area contributed by atoms with E-state index in [1.54, 1.807) is 54.6 Å². The lowest BCUT2D eigenvalue weighted by molar-refractivity contribution is -0.122. The molecule has 0 atom stereocenters. The maximum absolute atomic E-state index is 13.2. The summed E-state index contributed by atoms with van der Waals surface area (Å²) in [5, 5.41) is 2.19. The summed E-state index contributed by atoms with van der Waals surface area (Å²) < 4.78 is 6.22. The second kappa shape index (κ2) is 9.44. The van der Waals surface area contributed by atoms with Gasteiger partial charge in [0.05, 0.1) is 11.3 Å². The molecule has 0 aromatic heterocycles. The van der Waals surface area contributed by atoms with E-state index in [2.05, 4.69) is 21.2 Å². The summed E-state index contributed by atoms with van der Waals surface area (Å²) in [6.07, 6.45) is 1.30. The highest BCUT2D eigenvalue weighted by atomic mass is 79.9. The number of halogens is 1. The summed E-state index contributed by atoms with van der Waals surface area (Å²) >= 11 is 3.36. The molecule has 7 nitrogen and oxygen atoms in total. The predicted molar refractivity (Wildman–Crippen MR) is 130 cm³/mol. The Bertz CT molecular complexity index is 1380. The van der Waals surface area contributed by atoms with Crippen LogP contribution < -0.4 is 15.0 Å². The summed E-state index contributed by atoms with van der Waals surface area (Å²) in [4.78, 5) is 51.8. The third-order valence-electron chi connectivity index (χ3n) is 5.09. The van der Waals surface area contributed by atoms with E-state index in [0.29, 0.717) is 21.3 Å². The minimum atomic E-state index is -0.838. The highest BCUT2D eigenvalue weighted by molar-refractivity contribution is 9.10. The predicted octanol–water partition coefficient (Wildman–Crippen LogP) is 4.95. The molecule has 1 N–H and O–H groups in total. The Morgan fingerprint density at radius 1 is 0.941 bits per heavy atom. The molecule has 4 amide bonds. The van der Waals surface area contributed by atoms with Gasteiger partial charge in [0.25, 0.3) is 11.8 Å². The lowest BCUT2D eigenvalue weighted by Gasteiger charge is -2.26. The van der Waals surface area contributed by atoms with E-state index >= 15 is 0 Å². The molecule has 0 spiro atoms. The molecule has 1 heterocycles. The zero-order valence-electron chi connectivity index (χ0n) is 18.3. The minimum absolute atomic E-state index is 0.154. The number of hydrogen-bond acceptors (Lipinski definition) is 5. The second-order valence-corrected chi connectivity index (χ2v) is 8.65. The third kappa shape index (κ3) is 4.82. The number of esters is 1. The Morgan fingerprint density at radius 2 is 1.65 bits per heavy atom. The second-order valence-electron chi connectivity index (χ2n) is 7.74. The van der Waals surface area contributed by atoms with E-state index in [-0.39, 0.29) is 11.3 Å². The van der Waals surface area contributed by atoms with E-state index in [9.17, 15) is 19.2 Å². The number of nitrogens with zero attached hydrogens (tertiary/aromatic N) is 1. The maximum Gasteiger partial charge on any atom is 0.343 e. The maximum atomic E-state index is 13.2. The van der Waals surface area contributed by atoms with Crippen molar-refractivity contribution in [1.29, 1.82) is 0 Å². The zero-order chi connectivity index (χ0) is 24.4. The molecule has 3 aromatic carbocycles. The van der Waals surface area contributed by atoms with Crippen molar-refractivity contribution >= 4 is 51.5 Å². The highest BCUT2D eigenvalue weighted by Crippen LogP contribution is 2.29. The van der Waals surface area contributed by atoms with E-state index in [1.807, 2.05) is 26.0 Å². The molecule has 34 heavy (non-hydrogen) atoms. The van der Waals surface area contributed by atoms with E-state index in [1.165, 1.54) is 6.08 Å². The van der Waals surface area contributed by atoms with Gasteiger partial charge in [-0.15, -0.1) is 0 Å². The van der Waals surface area contributed by atoms with Crippen LogP contribution in [0.15, 0.2) is 76.8 Å². The van der Waals surface area contributed by atoms with Gasteiger partial charge in [-0.1, -0.05) is 45.8 Å². The summed E-state index contributed by atoms with van der Waals surface area (Å²) in [5.41, 5.74) is 2.49. The van der Waals surface area contributed by atoms with Crippen molar-refractivity contribution in [2.24, 2.45) is 0 Å². The molecular weight excluding hydrogens is 500 g/mol. The Labute approximate surface area is 204 Å². The number of aryl methyl sites for hydroxylation is 2. The number of ether oxygens (including phenoxy) is 1. The molecule has 0 unspecified atom stereocenters. The van der Waals surface area contributed by atoms with Gasteiger partial charge in [-0.3, -0.25) is 14.9 Å². The van der Waals surface area contributed by atoms with E-state index < -0.39 is 23.8 Å². The number of carbonyl (C=O) groups is 4. The van der Waals surface area contributed by atoms with Crippen LogP contribution >= 0.6 is 15.9 Å². The molecule has 8 heteroatoms. The van der Waals surface area contributed by atoms with Gasteiger partial charge in [0.1, 0.15) is 11.3 Å².